The van der Waals surface area contributed by atoms with E-state index in [2.05, 4.69) is 15.3 Å². The van der Waals surface area contributed by atoms with Crippen LogP contribution in [0.4, 0.5) is 5.13 Å². The zero-order valence-corrected chi connectivity index (χ0v) is 13.3. The average molecular weight is 322 g/mol. The van der Waals surface area contributed by atoms with Crippen LogP contribution in [0.15, 0.2) is 22.3 Å². The van der Waals surface area contributed by atoms with Gasteiger partial charge in [-0.25, -0.2) is 9.97 Å². The van der Waals surface area contributed by atoms with Crippen LogP contribution in [-0.4, -0.2) is 26.2 Å². The maximum atomic E-state index is 12.3. The Morgan fingerprint density at radius 3 is 2.90 bits per heavy atom. The zero-order chi connectivity index (χ0) is 15.0. The molecule has 3 heterocycles. The Morgan fingerprint density at radius 1 is 1.38 bits per heavy atom. The summed E-state index contributed by atoms with van der Waals surface area (Å²) in [5, 5.41) is 4.10. The smallest absolute Gasteiger partial charge is 0.257 e. The van der Waals surface area contributed by atoms with Gasteiger partial charge in [0.15, 0.2) is 10.3 Å². The molecule has 1 N–H and O–H groups in total. The number of thiazole rings is 1. The van der Waals surface area contributed by atoms with Crippen LogP contribution in [0.2, 0.25) is 0 Å². The molecular weight excluding hydrogens is 308 g/mol. The van der Waals surface area contributed by atoms with E-state index in [-0.39, 0.29) is 17.4 Å². The molecule has 0 fully saturated rings. The van der Waals surface area contributed by atoms with Gasteiger partial charge in [0.1, 0.15) is 0 Å². The van der Waals surface area contributed by atoms with Gasteiger partial charge >= 0.3 is 0 Å². The molecular formula is C13H14N4O2S2. The fraction of sp³-hybridized carbons (Fsp3) is 0.385. The average Bonchev–Trinajstić information content (AvgIpc) is 2.88. The van der Waals surface area contributed by atoms with E-state index >= 15 is 0 Å². The van der Waals surface area contributed by atoms with E-state index in [0.29, 0.717) is 28.1 Å². The van der Waals surface area contributed by atoms with Crippen molar-refractivity contribution in [3.63, 3.8) is 0 Å². The Bertz CT molecular complexity index is 753. The number of rotatable bonds is 2. The van der Waals surface area contributed by atoms with Gasteiger partial charge < -0.3 is 5.32 Å². The second-order valence-corrected chi connectivity index (χ2v) is 7.13. The van der Waals surface area contributed by atoms with Crippen molar-refractivity contribution in [3.05, 3.63) is 33.2 Å². The summed E-state index contributed by atoms with van der Waals surface area (Å²) in [5.41, 5.74) is 0.519. The van der Waals surface area contributed by atoms with E-state index < -0.39 is 0 Å². The molecule has 1 aliphatic heterocycles. The molecule has 2 aromatic heterocycles. The number of thioether (sulfide) groups is 1. The molecule has 2 aromatic rings. The molecule has 0 aliphatic carbocycles. The van der Waals surface area contributed by atoms with Gasteiger partial charge in [0.2, 0.25) is 5.91 Å². The van der Waals surface area contributed by atoms with E-state index in [0.717, 1.165) is 4.88 Å². The molecule has 6 nitrogen and oxygen atoms in total. The van der Waals surface area contributed by atoms with Gasteiger partial charge in [-0.05, 0) is 13.8 Å². The van der Waals surface area contributed by atoms with Crippen molar-refractivity contribution in [1.29, 1.82) is 0 Å². The van der Waals surface area contributed by atoms with Gasteiger partial charge in [-0.1, -0.05) is 11.8 Å². The highest BCUT2D eigenvalue weighted by molar-refractivity contribution is 7.99. The first kappa shape index (κ1) is 14.3. The number of aryl methyl sites for hydroxylation is 2. The lowest BCUT2D eigenvalue weighted by Gasteiger charge is -2.23. The zero-order valence-electron chi connectivity index (χ0n) is 11.6. The number of anilines is 1. The summed E-state index contributed by atoms with van der Waals surface area (Å²) in [5.74, 6) is 0.259. The fourth-order valence-corrected chi connectivity index (χ4v) is 3.79. The van der Waals surface area contributed by atoms with Crippen LogP contribution in [0.5, 0.6) is 0 Å². The van der Waals surface area contributed by atoms with Crippen molar-refractivity contribution in [2.45, 2.75) is 25.5 Å². The Kier molecular flexibility index (Phi) is 3.81. The standard InChI is InChI=1S/C13H14N4O2S2/c1-7-3-15-13-17(11(7)19)5-9(6-20-13)10(18)16-12-14-4-8(2)21-12/h3-4,9H,5-6H2,1-2H3,(H,14,16,18). The summed E-state index contributed by atoms with van der Waals surface area (Å²) in [4.78, 5) is 33.8. The van der Waals surface area contributed by atoms with Crippen molar-refractivity contribution >= 4 is 34.1 Å². The summed E-state index contributed by atoms with van der Waals surface area (Å²) in [6.45, 7) is 4.04. The highest BCUT2D eigenvalue weighted by Gasteiger charge is 2.27. The van der Waals surface area contributed by atoms with Gasteiger partial charge in [-0.15, -0.1) is 11.3 Å². The minimum absolute atomic E-state index is 0.0740. The molecule has 3 rings (SSSR count). The molecule has 110 valence electrons. The number of carbonyl (C=O) groups is 1. The summed E-state index contributed by atoms with van der Waals surface area (Å²) >= 11 is 2.88. The highest BCUT2D eigenvalue weighted by Crippen LogP contribution is 2.26. The van der Waals surface area contributed by atoms with Crippen molar-refractivity contribution in [3.8, 4) is 0 Å². The number of hydrogen-bond acceptors (Lipinski definition) is 6. The van der Waals surface area contributed by atoms with Crippen LogP contribution in [-0.2, 0) is 11.3 Å². The molecule has 1 atom stereocenters. The van der Waals surface area contributed by atoms with E-state index in [9.17, 15) is 9.59 Å². The molecule has 0 saturated carbocycles. The predicted octanol–water partition coefficient (Wildman–Crippen LogP) is 1.68. The fourth-order valence-electron chi connectivity index (χ4n) is 2.08. The normalized spacial score (nSPS) is 17.3. The van der Waals surface area contributed by atoms with Gasteiger partial charge in [0, 0.05) is 35.1 Å². The quantitative estimate of drug-likeness (QED) is 0.851. The van der Waals surface area contributed by atoms with E-state index in [1.807, 2.05) is 6.92 Å². The molecule has 0 bridgehead atoms. The van der Waals surface area contributed by atoms with Crippen LogP contribution < -0.4 is 10.9 Å². The molecule has 1 unspecified atom stereocenters. The van der Waals surface area contributed by atoms with Crippen LogP contribution in [0, 0.1) is 19.8 Å². The van der Waals surface area contributed by atoms with Gasteiger partial charge in [0.25, 0.3) is 5.56 Å². The van der Waals surface area contributed by atoms with Crippen LogP contribution in [0.3, 0.4) is 0 Å². The number of hydrogen-bond donors (Lipinski definition) is 1. The molecule has 1 amide bonds. The summed E-state index contributed by atoms with van der Waals surface area (Å²) in [6, 6.07) is 0. The predicted molar refractivity (Wildman–Crippen MR) is 82.9 cm³/mol. The third-order valence-electron chi connectivity index (χ3n) is 3.22. The van der Waals surface area contributed by atoms with Gasteiger partial charge in [-0.3, -0.25) is 14.2 Å². The number of amides is 1. The minimum Gasteiger partial charge on any atom is -0.302 e. The third-order valence-corrected chi connectivity index (χ3v) is 5.20. The number of aromatic nitrogens is 3. The van der Waals surface area contributed by atoms with Gasteiger partial charge in [0.05, 0.1) is 5.92 Å². The maximum Gasteiger partial charge on any atom is 0.257 e. The number of nitrogens with zero attached hydrogens (tertiary/aromatic N) is 3. The maximum absolute atomic E-state index is 12.3. The monoisotopic (exact) mass is 322 g/mol. The molecule has 0 spiro atoms. The molecule has 0 saturated heterocycles. The van der Waals surface area contributed by atoms with Crippen molar-refractivity contribution in [1.82, 2.24) is 14.5 Å². The summed E-state index contributed by atoms with van der Waals surface area (Å²) in [6.07, 6.45) is 3.31. The van der Waals surface area contributed by atoms with E-state index in [1.165, 1.54) is 23.1 Å². The largest absolute Gasteiger partial charge is 0.302 e. The third kappa shape index (κ3) is 2.86. The van der Waals surface area contributed by atoms with E-state index in [4.69, 9.17) is 0 Å². The first-order valence-electron chi connectivity index (χ1n) is 6.47. The lowest BCUT2D eigenvalue weighted by molar-refractivity contribution is -0.119. The number of fused-ring (bicyclic) bond motifs is 1. The van der Waals surface area contributed by atoms with Crippen LogP contribution >= 0.6 is 23.1 Å². The molecule has 8 heteroatoms. The molecule has 0 radical (unpaired) electrons. The molecule has 21 heavy (non-hydrogen) atoms. The topological polar surface area (TPSA) is 76.9 Å². The molecule has 0 aromatic carbocycles. The lowest BCUT2D eigenvalue weighted by atomic mass is 10.1. The Labute approximate surface area is 129 Å². The summed E-state index contributed by atoms with van der Waals surface area (Å²) in [7, 11) is 0. The van der Waals surface area contributed by atoms with Crippen molar-refractivity contribution < 1.29 is 4.79 Å². The second-order valence-electron chi connectivity index (χ2n) is 4.91. The second kappa shape index (κ2) is 5.61. The van der Waals surface area contributed by atoms with Crippen molar-refractivity contribution in [2.24, 2.45) is 5.92 Å². The van der Waals surface area contributed by atoms with E-state index in [1.54, 1.807) is 23.9 Å². The Hall–Kier alpha value is -1.67. The summed E-state index contributed by atoms with van der Waals surface area (Å²) < 4.78 is 1.58. The van der Waals surface area contributed by atoms with Crippen molar-refractivity contribution in [2.75, 3.05) is 11.1 Å². The number of nitrogens with one attached hydrogen (secondary N) is 1. The Morgan fingerprint density at radius 2 is 2.19 bits per heavy atom. The first-order chi connectivity index (χ1) is 10.0. The Balaban J connectivity index is 1.78. The highest BCUT2D eigenvalue weighted by atomic mass is 32.2. The van der Waals surface area contributed by atoms with Crippen LogP contribution in [0.25, 0.3) is 0 Å². The first-order valence-corrected chi connectivity index (χ1v) is 8.27. The lowest BCUT2D eigenvalue weighted by Crippen LogP contribution is -2.37. The van der Waals surface area contributed by atoms with Gasteiger partial charge in [-0.2, -0.15) is 0 Å². The number of carbonyl (C=O) groups excluding carboxylic acids is 1. The SMILES string of the molecule is Cc1cnc(NC(=O)C2CSc3ncc(C)c(=O)n3C2)s1. The van der Waals surface area contributed by atoms with Crippen LogP contribution in [0.1, 0.15) is 10.4 Å². The minimum atomic E-state index is -0.256. The molecule has 1 aliphatic rings.